The number of aliphatic imine (C=N–C) groups is 1. The van der Waals surface area contributed by atoms with E-state index in [1.807, 2.05) is 31.2 Å². The van der Waals surface area contributed by atoms with Gasteiger partial charge in [0.25, 0.3) is 5.69 Å². The molecule has 12 heteroatoms. The molecule has 1 unspecified atom stereocenters. The number of hydrogen-bond donors (Lipinski definition) is 0. The maximum atomic E-state index is 13.3. The van der Waals surface area contributed by atoms with Crippen molar-refractivity contribution < 1.29 is 18.1 Å². The predicted octanol–water partition coefficient (Wildman–Crippen LogP) is 3.40. The van der Waals surface area contributed by atoms with Crippen LogP contribution in [0.3, 0.4) is 0 Å². The minimum atomic E-state index is -3.76. The lowest BCUT2D eigenvalue weighted by molar-refractivity contribution is -0.384. The van der Waals surface area contributed by atoms with Gasteiger partial charge in [0.05, 0.1) is 34.6 Å². The van der Waals surface area contributed by atoms with Gasteiger partial charge in [-0.1, -0.05) is 47.2 Å². The van der Waals surface area contributed by atoms with E-state index in [1.165, 1.54) is 12.1 Å². The molecule has 4 aromatic rings. The molecule has 0 saturated carbocycles. The summed E-state index contributed by atoms with van der Waals surface area (Å²) in [5.41, 5.74) is 2.92. The lowest BCUT2D eigenvalue weighted by Gasteiger charge is -2.35. The molecule has 1 aromatic heterocycles. The zero-order valence-electron chi connectivity index (χ0n) is 20.7. The summed E-state index contributed by atoms with van der Waals surface area (Å²) in [7, 11) is -3.76. The fourth-order valence-electron chi connectivity index (χ4n) is 4.42. The summed E-state index contributed by atoms with van der Waals surface area (Å²) in [6.45, 7) is 3.96. The van der Waals surface area contributed by atoms with E-state index in [2.05, 4.69) is 20.2 Å². The number of benzene rings is 3. The van der Waals surface area contributed by atoms with Gasteiger partial charge in [-0.2, -0.15) is 4.68 Å². The minimum absolute atomic E-state index is 0.0406. The Morgan fingerprint density at radius 2 is 1.74 bits per heavy atom. The Kier molecular flexibility index (Phi) is 7.27. The Morgan fingerprint density at radius 3 is 2.42 bits per heavy atom. The number of nitrogens with zero attached hydrogens (tertiary/aromatic N) is 6. The molecule has 0 bridgehead atoms. The minimum Gasteiger partial charge on any atom is -0.379 e. The fourth-order valence-corrected chi connectivity index (χ4v) is 5.42. The van der Waals surface area contributed by atoms with Gasteiger partial charge in [0.1, 0.15) is 17.2 Å². The predicted molar refractivity (Wildman–Crippen MR) is 142 cm³/mol. The quantitative estimate of drug-likeness (QED) is 0.152. The van der Waals surface area contributed by atoms with Crippen LogP contribution in [0.1, 0.15) is 17.2 Å². The third-order valence-electron chi connectivity index (χ3n) is 6.42. The molecule has 1 fully saturated rings. The average Bonchev–Trinajstić information content (AvgIpc) is 3.36. The highest BCUT2D eigenvalue weighted by molar-refractivity contribution is 7.91. The van der Waals surface area contributed by atoms with E-state index in [0.717, 1.165) is 5.56 Å². The zero-order chi connectivity index (χ0) is 26.7. The van der Waals surface area contributed by atoms with Crippen molar-refractivity contribution in [3.63, 3.8) is 0 Å². The van der Waals surface area contributed by atoms with Crippen molar-refractivity contribution in [2.45, 2.75) is 17.9 Å². The molecule has 1 aliphatic rings. The monoisotopic (exact) mass is 534 g/mol. The van der Waals surface area contributed by atoms with Gasteiger partial charge >= 0.3 is 0 Å². The molecule has 0 spiro atoms. The molecule has 0 amide bonds. The topological polar surface area (TPSA) is 133 Å². The lowest BCUT2D eigenvalue weighted by atomic mass is 10.0. The number of rotatable bonds is 7. The van der Waals surface area contributed by atoms with Crippen LogP contribution < -0.4 is 0 Å². The first-order chi connectivity index (χ1) is 18.3. The number of aromatic nitrogens is 3. The van der Waals surface area contributed by atoms with Crippen molar-refractivity contribution in [2.75, 3.05) is 32.2 Å². The van der Waals surface area contributed by atoms with E-state index >= 15 is 0 Å². The Bertz CT molecular complexity index is 1580. The van der Waals surface area contributed by atoms with E-state index in [1.54, 1.807) is 41.1 Å². The molecule has 2 heterocycles. The number of sulfone groups is 1. The Hall–Kier alpha value is -4.00. The Labute approximate surface area is 219 Å². The fraction of sp³-hybridized carbons (Fsp3) is 0.269. The summed E-state index contributed by atoms with van der Waals surface area (Å²) < 4.78 is 33.7. The largest absolute Gasteiger partial charge is 0.379 e. The number of aryl methyl sites for hydroxylation is 1. The average molecular weight is 535 g/mol. The first-order valence-electron chi connectivity index (χ1n) is 12.0. The van der Waals surface area contributed by atoms with Gasteiger partial charge in [-0.15, -0.1) is 5.10 Å². The molecule has 1 saturated heterocycles. The van der Waals surface area contributed by atoms with Crippen LogP contribution in [0.2, 0.25) is 0 Å². The van der Waals surface area contributed by atoms with Crippen molar-refractivity contribution in [2.24, 2.45) is 4.99 Å². The summed E-state index contributed by atoms with van der Waals surface area (Å²) in [5, 5.41) is 19.9. The number of hydrogen-bond acceptors (Lipinski definition) is 9. The highest BCUT2D eigenvalue weighted by atomic mass is 32.2. The summed E-state index contributed by atoms with van der Waals surface area (Å²) in [6.07, 6.45) is 0. The molecule has 5 rings (SSSR count). The van der Waals surface area contributed by atoms with Gasteiger partial charge in [0, 0.05) is 25.2 Å². The number of nitro benzene ring substituents is 1. The van der Waals surface area contributed by atoms with Crippen LogP contribution in [-0.2, 0) is 14.6 Å². The van der Waals surface area contributed by atoms with Gasteiger partial charge < -0.3 is 4.74 Å². The number of ether oxygens (including phenoxy) is 1. The molecule has 0 radical (unpaired) electrons. The van der Waals surface area contributed by atoms with Crippen LogP contribution in [0, 0.1) is 17.0 Å². The standard InChI is InChI=1S/C26H26N6O5S/c1-19-6-12-22(13-7-19)38(35,36)18-27-26(31-24-5-3-2-4-23(24)28-29-31)25(30-14-16-37-17-15-30)20-8-10-21(11-9-20)32(33)34/h2-13,25H,14-18H2,1H3/b27-26+. The SMILES string of the molecule is Cc1ccc(S(=O)(=O)C/N=C(\C(c2ccc([N+](=O)[O-])cc2)N2CCOCC2)n2nnc3ccccc32)cc1. The second-order valence-electron chi connectivity index (χ2n) is 8.96. The zero-order valence-corrected chi connectivity index (χ0v) is 21.5. The Balaban J connectivity index is 1.65. The highest BCUT2D eigenvalue weighted by Gasteiger charge is 2.31. The maximum absolute atomic E-state index is 13.3. The third kappa shape index (κ3) is 5.32. The summed E-state index contributed by atoms with van der Waals surface area (Å²) in [4.78, 5) is 17.8. The summed E-state index contributed by atoms with van der Waals surface area (Å²) in [5.74, 6) is -0.155. The van der Waals surface area contributed by atoms with Crippen molar-refractivity contribution in [3.05, 3.63) is 94.0 Å². The Morgan fingerprint density at radius 1 is 1.05 bits per heavy atom. The second-order valence-corrected chi connectivity index (χ2v) is 10.9. The van der Waals surface area contributed by atoms with Gasteiger partial charge in [0.15, 0.2) is 9.84 Å². The van der Waals surface area contributed by atoms with Crippen molar-refractivity contribution in [1.29, 1.82) is 0 Å². The van der Waals surface area contributed by atoms with E-state index in [4.69, 9.17) is 4.74 Å². The van der Waals surface area contributed by atoms with E-state index in [9.17, 15) is 18.5 Å². The number of fused-ring (bicyclic) bond motifs is 1. The molecule has 196 valence electrons. The molecule has 11 nitrogen and oxygen atoms in total. The van der Waals surface area contributed by atoms with Crippen LogP contribution in [0.5, 0.6) is 0 Å². The van der Waals surface area contributed by atoms with Crippen LogP contribution in [0.25, 0.3) is 11.0 Å². The number of nitro groups is 1. The third-order valence-corrected chi connectivity index (χ3v) is 7.88. The normalized spacial score (nSPS) is 16.0. The van der Waals surface area contributed by atoms with Crippen molar-refractivity contribution in [3.8, 4) is 0 Å². The van der Waals surface area contributed by atoms with Crippen molar-refractivity contribution in [1.82, 2.24) is 19.9 Å². The highest BCUT2D eigenvalue weighted by Crippen LogP contribution is 2.28. The van der Waals surface area contributed by atoms with E-state index in [-0.39, 0.29) is 10.6 Å². The summed E-state index contributed by atoms with van der Waals surface area (Å²) in [6, 6.07) is 19.6. The molecule has 3 aromatic carbocycles. The second kappa shape index (κ2) is 10.8. The molecule has 38 heavy (non-hydrogen) atoms. The molecule has 1 aliphatic heterocycles. The first kappa shape index (κ1) is 25.6. The van der Waals surface area contributed by atoms with Crippen LogP contribution in [-0.4, -0.2) is 71.3 Å². The summed E-state index contributed by atoms with van der Waals surface area (Å²) >= 11 is 0. The van der Waals surface area contributed by atoms with Gasteiger partial charge in [-0.05, 0) is 36.8 Å². The number of morpholine rings is 1. The lowest BCUT2D eigenvalue weighted by Crippen LogP contribution is -2.44. The maximum Gasteiger partial charge on any atom is 0.269 e. The van der Waals surface area contributed by atoms with Crippen LogP contribution >= 0.6 is 0 Å². The van der Waals surface area contributed by atoms with E-state index < -0.39 is 26.7 Å². The molecular weight excluding hydrogens is 508 g/mol. The smallest absolute Gasteiger partial charge is 0.269 e. The van der Waals surface area contributed by atoms with Crippen LogP contribution in [0.4, 0.5) is 5.69 Å². The molecule has 1 atom stereocenters. The van der Waals surface area contributed by atoms with Crippen LogP contribution in [0.15, 0.2) is 82.7 Å². The molecule has 0 N–H and O–H groups in total. The first-order valence-corrected chi connectivity index (χ1v) is 13.7. The molecular formula is C26H26N6O5S. The van der Waals surface area contributed by atoms with Gasteiger partial charge in [-0.25, -0.2) is 8.42 Å². The number of non-ortho nitro benzene ring substituents is 1. The van der Waals surface area contributed by atoms with E-state index in [0.29, 0.717) is 48.7 Å². The van der Waals surface area contributed by atoms with Crippen molar-refractivity contribution >= 4 is 32.4 Å². The van der Waals surface area contributed by atoms with Gasteiger partial charge in [0.2, 0.25) is 0 Å². The molecule has 0 aliphatic carbocycles. The number of para-hydroxylation sites is 1. The van der Waals surface area contributed by atoms with Gasteiger partial charge in [-0.3, -0.25) is 20.0 Å².